The Kier molecular flexibility index (Phi) is 18.8. The maximum absolute atomic E-state index is 15.4. The Morgan fingerprint density at radius 3 is 2.33 bits per heavy atom. The van der Waals surface area contributed by atoms with Crippen molar-refractivity contribution in [2.45, 2.75) is 103 Å². The van der Waals surface area contributed by atoms with Crippen LogP contribution in [-0.2, 0) is 20.9 Å². The van der Waals surface area contributed by atoms with Crippen molar-refractivity contribution in [3.05, 3.63) is 130 Å². The number of likely N-dealkylation sites (tertiary alicyclic amines) is 1. The number of piperazine rings is 1. The second-order valence-corrected chi connectivity index (χ2v) is 23.3. The van der Waals surface area contributed by atoms with Crippen LogP contribution >= 0.6 is 22.9 Å². The van der Waals surface area contributed by atoms with E-state index < -0.39 is 34.9 Å². The number of benzene rings is 5. The van der Waals surface area contributed by atoms with Crippen molar-refractivity contribution >= 4 is 67.6 Å². The number of nitrogens with two attached hydrogens (primary N) is 1. The van der Waals surface area contributed by atoms with Gasteiger partial charge in [0.25, 0.3) is 0 Å². The molecule has 0 radical (unpaired) electrons. The van der Waals surface area contributed by atoms with Gasteiger partial charge in [-0.2, -0.15) is 15.2 Å². The third kappa shape index (κ3) is 12.9. The molecule has 0 saturated carbocycles. The molecule has 4 saturated heterocycles. The maximum Gasteiger partial charge on any atom is 0.319 e. The standard InChI is InChI=1S/C41H41ClFN9O3S.C15H12F3NO2.C6H11NO/c1-21(2)22(3)52-19-33(49-50-52)24-6-4-23(5-7-24)20-54-37-35(28-8-9-32(43)38-34(28)30(16-44)39(45)56-38)31(42)15-29-36(37)47-41(55-27-10-12-53-13-11-27)48-40(29)51-18-25-14-26(51)17-46-25;16-11-5-6-12(17)15(18)14(11)10-3-1-9(2-4-10)13(7-20)19-8-21;1-6-3-2-4-7(6)5-8/h4-9,15,19,21-22,25-27,46H,10-14,17-18,20,45H2,1-3H3;1-6,8,13,20H,7H2,(H,19,21);5-6H,2-4H2,1H3. The third-order valence-corrected chi connectivity index (χ3v) is 17.5. The topological polar surface area (TPSA) is 219 Å². The number of ether oxygens (including phenoxy) is 3. The largest absolute Gasteiger partial charge is 0.486 e. The first-order chi connectivity index (χ1) is 41.1. The van der Waals surface area contributed by atoms with Crippen LogP contribution in [0.1, 0.15) is 88.6 Å². The monoisotopic (exact) mass is 1200 g/mol. The number of fused-ring (bicyclic) bond motifs is 4. The van der Waals surface area contributed by atoms with E-state index in [1.54, 1.807) is 6.07 Å². The molecule has 5 N–H and O–H groups in total. The second-order valence-electron chi connectivity index (χ2n) is 21.9. The highest BCUT2D eigenvalue weighted by Gasteiger charge is 2.40. The molecular weight excluding hydrogens is 1140 g/mol. The lowest BCUT2D eigenvalue weighted by atomic mass is 9.96. The van der Waals surface area contributed by atoms with Crippen molar-refractivity contribution in [2.24, 2.45) is 5.92 Å². The number of thiophene rings is 1. The number of aromatic nitrogens is 5. The van der Waals surface area contributed by atoms with E-state index in [9.17, 15) is 28.0 Å². The highest BCUT2D eigenvalue weighted by molar-refractivity contribution is 7.23. The highest BCUT2D eigenvalue weighted by Crippen LogP contribution is 2.50. The molecule has 2 bridgehead atoms. The van der Waals surface area contributed by atoms with Gasteiger partial charge in [0, 0.05) is 72.5 Å². The summed E-state index contributed by atoms with van der Waals surface area (Å²) in [6.07, 6.45) is 8.05. The van der Waals surface area contributed by atoms with Gasteiger partial charge in [-0.1, -0.05) is 85.3 Å². The number of nitrogen functional groups attached to an aromatic ring is 1. The van der Waals surface area contributed by atoms with Gasteiger partial charge >= 0.3 is 6.01 Å². The second kappa shape index (κ2) is 26.5. The molecule has 4 fully saturated rings. The Hall–Kier alpha value is -7.94. The normalized spacial score (nSPS) is 18.2. The fourth-order valence-electron chi connectivity index (χ4n) is 11.1. The van der Waals surface area contributed by atoms with Gasteiger partial charge in [-0.15, -0.1) is 16.4 Å². The third-order valence-electron chi connectivity index (χ3n) is 16.2. The molecule has 2 amide bonds. The SMILES string of the molecule is CC(C)C(C)n1cc(-c2ccc(COc3c(-c4ccc(F)c5sc(N)c(C#N)c45)c(Cl)cc4c(N5CC6CC5CN6)nc(OC5CCOCC5)nc34)cc2)nn1.CC1CCCN1C=O.O=CNC(CO)c1ccc(-c2c(F)ccc(F)c2F)cc1. The van der Waals surface area contributed by atoms with Crippen LogP contribution in [0, 0.1) is 40.5 Å². The van der Waals surface area contributed by atoms with E-state index in [0.29, 0.717) is 81.4 Å². The fraction of sp³-hybridized carbons (Fsp3) is 0.371. The van der Waals surface area contributed by atoms with Gasteiger partial charge in [-0.05, 0) is 85.5 Å². The van der Waals surface area contributed by atoms with Gasteiger partial charge in [0.2, 0.25) is 12.8 Å². The number of amides is 2. The van der Waals surface area contributed by atoms with E-state index >= 15 is 4.39 Å². The number of carbonyl (C=O) groups is 2. The molecule has 12 rings (SSSR count). The average molecular weight is 1200 g/mol. The minimum Gasteiger partial charge on any atom is -0.486 e. The number of nitrogens with zero attached hydrogens (tertiary/aromatic N) is 8. The number of hydrogen-bond acceptors (Lipinski definition) is 15. The van der Waals surface area contributed by atoms with E-state index in [1.165, 1.54) is 43.2 Å². The molecule has 8 aromatic rings. The lowest BCUT2D eigenvalue weighted by Crippen LogP contribution is -2.44. The van der Waals surface area contributed by atoms with E-state index in [2.05, 4.69) is 59.6 Å². The predicted molar refractivity (Wildman–Crippen MR) is 318 cm³/mol. The first kappa shape index (κ1) is 60.2. The molecular formula is C62H64ClF4N11O6S. The summed E-state index contributed by atoms with van der Waals surface area (Å²) < 4.78 is 77.0. The van der Waals surface area contributed by atoms with Gasteiger partial charge < -0.3 is 45.5 Å². The van der Waals surface area contributed by atoms with E-state index in [1.807, 2.05) is 46.1 Å². The number of nitriles is 1. The Labute approximate surface area is 497 Å². The molecule has 0 aliphatic carbocycles. The molecule has 5 unspecified atom stereocenters. The summed E-state index contributed by atoms with van der Waals surface area (Å²) in [5, 5.41) is 35.8. The minimum absolute atomic E-state index is 0.112. The number of carbonyl (C=O) groups excluding carboxylic acids is 2. The first-order valence-corrected chi connectivity index (χ1v) is 29.4. The summed E-state index contributed by atoms with van der Waals surface area (Å²) in [7, 11) is 0. The van der Waals surface area contributed by atoms with E-state index in [4.69, 9.17) is 46.6 Å². The van der Waals surface area contributed by atoms with Crippen molar-refractivity contribution in [3.8, 4) is 51.3 Å². The van der Waals surface area contributed by atoms with Crippen molar-refractivity contribution in [1.82, 2.24) is 40.5 Å². The Bertz CT molecular complexity index is 3750. The zero-order valence-electron chi connectivity index (χ0n) is 47.2. The van der Waals surface area contributed by atoms with Gasteiger partial charge in [0.1, 0.15) is 52.4 Å². The Balaban J connectivity index is 0.000000227. The number of aliphatic hydroxyl groups is 1. The van der Waals surface area contributed by atoms with E-state index in [0.717, 1.165) is 91.4 Å². The molecule has 5 aromatic carbocycles. The summed E-state index contributed by atoms with van der Waals surface area (Å²) in [5.74, 6) is -2.23. The van der Waals surface area contributed by atoms with Crippen LogP contribution in [0.5, 0.6) is 11.8 Å². The van der Waals surface area contributed by atoms with Crippen molar-refractivity contribution in [3.63, 3.8) is 0 Å². The number of rotatable bonds is 16. The molecule has 0 spiro atoms. The summed E-state index contributed by atoms with van der Waals surface area (Å²) in [6.45, 7) is 12.1. The molecule has 444 valence electrons. The van der Waals surface area contributed by atoms with Crippen LogP contribution in [0.25, 0.3) is 54.5 Å². The molecule has 3 aromatic heterocycles. The van der Waals surface area contributed by atoms with Gasteiger partial charge in [0.05, 0.1) is 59.0 Å². The van der Waals surface area contributed by atoms with Crippen LogP contribution in [0.2, 0.25) is 5.02 Å². The van der Waals surface area contributed by atoms with Crippen LogP contribution in [0.15, 0.2) is 85.1 Å². The summed E-state index contributed by atoms with van der Waals surface area (Å²) in [4.78, 5) is 34.8. The summed E-state index contributed by atoms with van der Waals surface area (Å²) >= 11 is 8.35. The van der Waals surface area contributed by atoms with E-state index in [-0.39, 0.29) is 58.2 Å². The molecule has 17 nitrogen and oxygen atoms in total. The maximum atomic E-state index is 15.4. The lowest BCUT2D eigenvalue weighted by Gasteiger charge is -2.30. The Morgan fingerprint density at radius 1 is 0.965 bits per heavy atom. The summed E-state index contributed by atoms with van der Waals surface area (Å²) in [6, 6.07) is 23.3. The number of hydrogen-bond donors (Lipinski definition) is 4. The molecule has 5 atom stereocenters. The lowest BCUT2D eigenvalue weighted by molar-refractivity contribution is -0.118. The zero-order valence-corrected chi connectivity index (χ0v) is 48.8. The molecule has 4 aliphatic rings. The van der Waals surface area contributed by atoms with Crippen molar-refractivity contribution in [2.75, 3.05) is 50.1 Å². The van der Waals surface area contributed by atoms with Gasteiger partial charge in [-0.25, -0.2) is 22.2 Å². The number of nitrogens with one attached hydrogen (secondary N) is 2. The number of anilines is 2. The number of halogens is 5. The highest BCUT2D eigenvalue weighted by atomic mass is 35.5. The van der Waals surface area contributed by atoms with Crippen LogP contribution < -0.4 is 30.7 Å². The van der Waals surface area contributed by atoms with Crippen molar-refractivity contribution < 1.29 is 46.5 Å². The van der Waals surface area contributed by atoms with Crippen LogP contribution in [-0.4, -0.2) is 111 Å². The molecule has 85 heavy (non-hydrogen) atoms. The van der Waals surface area contributed by atoms with Crippen LogP contribution in [0.4, 0.5) is 28.4 Å². The summed E-state index contributed by atoms with van der Waals surface area (Å²) in [5.41, 5.74) is 10.8. The quantitative estimate of drug-likeness (QED) is 0.0402. The average Bonchev–Trinajstić information content (AvgIpc) is 2.40. The number of aliphatic hydroxyl groups excluding tert-OH is 1. The fourth-order valence-corrected chi connectivity index (χ4v) is 12.3. The van der Waals surface area contributed by atoms with Crippen molar-refractivity contribution in [1.29, 1.82) is 5.26 Å². The molecule has 4 aliphatic heterocycles. The minimum atomic E-state index is -1.26. The smallest absolute Gasteiger partial charge is 0.319 e. The Morgan fingerprint density at radius 2 is 1.69 bits per heavy atom. The van der Waals surface area contributed by atoms with Gasteiger partial charge in [0.15, 0.2) is 17.4 Å². The van der Waals surface area contributed by atoms with Gasteiger partial charge in [-0.3, -0.25) is 9.59 Å². The molecule has 23 heteroatoms. The zero-order chi connectivity index (χ0) is 60.1. The molecule has 7 heterocycles. The predicted octanol–water partition coefficient (Wildman–Crippen LogP) is 11.1. The van der Waals surface area contributed by atoms with Crippen LogP contribution in [0.3, 0.4) is 0 Å². The first-order valence-electron chi connectivity index (χ1n) is 28.2.